The number of benzene rings is 2. The zero-order valence-corrected chi connectivity index (χ0v) is 9.23. The average Bonchev–Trinajstić information content (AvgIpc) is 2.32. The second kappa shape index (κ2) is 3.84. The van der Waals surface area contributed by atoms with E-state index in [0.717, 1.165) is 10.3 Å². The van der Waals surface area contributed by atoms with Crippen LogP contribution in [0.1, 0.15) is 28.1 Å². The zero-order chi connectivity index (χ0) is 12.2. The minimum atomic E-state index is -0.300. The van der Waals surface area contributed by atoms with E-state index in [1.807, 2.05) is 6.07 Å². The fourth-order valence-corrected chi connectivity index (χ4v) is 2.25. The number of hydrogen-bond donors (Lipinski definition) is 1. The van der Waals surface area contributed by atoms with E-state index in [1.54, 1.807) is 24.3 Å². The highest BCUT2D eigenvalue weighted by Gasteiger charge is 2.30. The number of nitrogens with two attached hydrogens (primary N) is 1. The molecule has 0 saturated heterocycles. The molecular weight excluding hydrogens is 228 g/mol. The van der Waals surface area contributed by atoms with Crippen molar-refractivity contribution in [3.05, 3.63) is 41.5 Å². The molecule has 1 aliphatic heterocycles. The molecule has 2 aromatic carbocycles. The number of carbonyl (C=O) groups excluding carboxylic acids is 2. The van der Waals surface area contributed by atoms with Gasteiger partial charge in [-0.25, -0.2) is 0 Å². The van der Waals surface area contributed by atoms with Crippen LogP contribution in [0.15, 0.2) is 30.3 Å². The number of amides is 2. The topological polar surface area (TPSA) is 63.4 Å². The van der Waals surface area contributed by atoms with E-state index >= 15 is 0 Å². The second-order valence-electron chi connectivity index (χ2n) is 4.14. The van der Waals surface area contributed by atoms with Gasteiger partial charge >= 0.3 is 0 Å². The van der Waals surface area contributed by atoms with Crippen molar-refractivity contribution < 1.29 is 9.59 Å². The van der Waals surface area contributed by atoms with E-state index < -0.39 is 0 Å². The highest BCUT2D eigenvalue weighted by atomic mass is 16.2. The van der Waals surface area contributed by atoms with Crippen molar-refractivity contribution in [2.75, 3.05) is 12.8 Å². The predicted molar refractivity (Wildman–Crippen MR) is 71.5 cm³/mol. The second-order valence-corrected chi connectivity index (χ2v) is 4.14. The summed E-state index contributed by atoms with van der Waals surface area (Å²) >= 11 is 0. The zero-order valence-electron chi connectivity index (χ0n) is 9.23. The molecule has 0 bridgehead atoms. The van der Waals surface area contributed by atoms with Gasteiger partial charge in [0, 0.05) is 23.7 Å². The molecule has 18 heavy (non-hydrogen) atoms. The summed E-state index contributed by atoms with van der Waals surface area (Å²) in [5, 5.41) is 1.53. The molecule has 0 aromatic heterocycles. The van der Waals surface area contributed by atoms with Gasteiger partial charge in [0.25, 0.3) is 11.8 Å². The number of anilines is 1. The molecule has 0 spiro atoms. The van der Waals surface area contributed by atoms with Crippen LogP contribution in [0.5, 0.6) is 0 Å². The Morgan fingerprint density at radius 1 is 1.06 bits per heavy atom. The molecule has 0 fully saturated rings. The summed E-state index contributed by atoms with van der Waals surface area (Å²) in [4.78, 5) is 25.1. The van der Waals surface area contributed by atoms with Crippen molar-refractivity contribution in [3.8, 4) is 0 Å². The lowest BCUT2D eigenvalue weighted by molar-refractivity contribution is 0.0651. The van der Waals surface area contributed by atoms with E-state index in [-0.39, 0.29) is 19.2 Å². The van der Waals surface area contributed by atoms with Crippen LogP contribution < -0.4 is 5.73 Å². The molecular formula is C14H14N2O2. The Labute approximate surface area is 105 Å². The molecule has 0 radical (unpaired) electrons. The van der Waals surface area contributed by atoms with Gasteiger partial charge in [-0.05, 0) is 23.6 Å². The summed E-state index contributed by atoms with van der Waals surface area (Å²) in [5.41, 5.74) is 7.34. The summed E-state index contributed by atoms with van der Waals surface area (Å²) < 4.78 is 0. The van der Waals surface area contributed by atoms with Crippen molar-refractivity contribution in [1.29, 1.82) is 0 Å². The Kier molecular flexibility index (Phi) is 2.58. The van der Waals surface area contributed by atoms with E-state index in [1.165, 1.54) is 7.05 Å². The van der Waals surface area contributed by atoms with Gasteiger partial charge in [0.1, 0.15) is 0 Å². The minimum absolute atomic E-state index is 0. The molecule has 2 aromatic rings. The number of nitrogen functional groups attached to an aromatic ring is 1. The molecule has 92 valence electrons. The number of imide groups is 1. The molecule has 1 aliphatic rings. The Bertz CT molecular complexity index is 677. The van der Waals surface area contributed by atoms with Gasteiger partial charge in [0.2, 0.25) is 0 Å². The average molecular weight is 242 g/mol. The highest BCUT2D eigenvalue weighted by Crippen LogP contribution is 2.31. The van der Waals surface area contributed by atoms with Gasteiger partial charge in [-0.15, -0.1) is 0 Å². The van der Waals surface area contributed by atoms with E-state index in [4.69, 9.17) is 5.73 Å². The normalized spacial score (nSPS) is 13.7. The number of nitrogens with zero attached hydrogens (tertiary/aromatic N) is 1. The SMILES string of the molecule is C.CN1C(=O)c2cccc3cc(N)cc(c23)C1=O. The monoisotopic (exact) mass is 242 g/mol. The van der Waals surface area contributed by atoms with Gasteiger partial charge in [-0.1, -0.05) is 19.6 Å². The van der Waals surface area contributed by atoms with Gasteiger partial charge in [0.15, 0.2) is 0 Å². The first-order chi connectivity index (χ1) is 8.09. The maximum absolute atomic E-state index is 12.0. The smallest absolute Gasteiger partial charge is 0.261 e. The molecule has 0 atom stereocenters. The lowest BCUT2D eigenvalue weighted by Crippen LogP contribution is -2.36. The Morgan fingerprint density at radius 3 is 2.44 bits per heavy atom. The van der Waals surface area contributed by atoms with Gasteiger partial charge in [-0.3, -0.25) is 14.5 Å². The molecule has 2 amide bonds. The molecule has 4 nitrogen and oxygen atoms in total. The maximum Gasteiger partial charge on any atom is 0.261 e. The number of carbonyl (C=O) groups is 2. The Hall–Kier alpha value is -2.36. The van der Waals surface area contributed by atoms with E-state index in [2.05, 4.69) is 0 Å². The van der Waals surface area contributed by atoms with Crippen molar-refractivity contribution in [2.24, 2.45) is 0 Å². The van der Waals surface area contributed by atoms with Crippen LogP contribution in [0, 0.1) is 0 Å². The summed E-state index contributed by atoms with van der Waals surface area (Å²) in [6, 6.07) is 8.77. The Morgan fingerprint density at radius 2 is 1.72 bits per heavy atom. The van der Waals surface area contributed by atoms with Crippen LogP contribution in [-0.2, 0) is 0 Å². The highest BCUT2D eigenvalue weighted by molar-refractivity contribution is 6.25. The minimum Gasteiger partial charge on any atom is -0.399 e. The van der Waals surface area contributed by atoms with E-state index in [0.29, 0.717) is 22.2 Å². The molecule has 4 heteroatoms. The fraction of sp³-hybridized carbons (Fsp3) is 0.143. The maximum atomic E-state index is 12.0. The quantitative estimate of drug-likeness (QED) is 0.569. The standard InChI is InChI=1S/C13H10N2O2.CH4/c1-15-12(16)9-4-2-3-7-5-8(14)6-10(11(7)9)13(15)17;/h2-6H,14H2,1H3;1H4. The third-order valence-corrected chi connectivity index (χ3v) is 3.07. The lowest BCUT2D eigenvalue weighted by atomic mass is 9.94. The van der Waals surface area contributed by atoms with Gasteiger partial charge in [-0.2, -0.15) is 0 Å². The van der Waals surface area contributed by atoms with Gasteiger partial charge in [0.05, 0.1) is 5.56 Å². The molecule has 3 rings (SSSR count). The largest absolute Gasteiger partial charge is 0.399 e. The summed E-state index contributed by atoms with van der Waals surface area (Å²) in [5.74, 6) is -0.566. The molecule has 2 N–H and O–H groups in total. The third kappa shape index (κ3) is 1.39. The first-order valence-electron chi connectivity index (χ1n) is 5.24. The van der Waals surface area contributed by atoms with Gasteiger partial charge < -0.3 is 5.73 Å². The van der Waals surface area contributed by atoms with Crippen LogP contribution in [-0.4, -0.2) is 23.8 Å². The number of rotatable bonds is 0. The Balaban J connectivity index is 0.00000120. The molecule has 0 saturated carbocycles. The summed E-state index contributed by atoms with van der Waals surface area (Å²) in [6.07, 6.45) is 0. The molecule has 0 unspecified atom stereocenters. The van der Waals surface area contributed by atoms with Crippen molar-refractivity contribution in [2.45, 2.75) is 7.43 Å². The van der Waals surface area contributed by atoms with Crippen molar-refractivity contribution in [3.63, 3.8) is 0 Å². The molecule has 1 heterocycles. The molecule has 0 aliphatic carbocycles. The van der Waals surface area contributed by atoms with Crippen LogP contribution in [0.25, 0.3) is 10.8 Å². The van der Waals surface area contributed by atoms with E-state index in [9.17, 15) is 9.59 Å². The van der Waals surface area contributed by atoms with Crippen LogP contribution in [0.3, 0.4) is 0 Å². The third-order valence-electron chi connectivity index (χ3n) is 3.07. The number of hydrogen-bond acceptors (Lipinski definition) is 3. The summed E-state index contributed by atoms with van der Waals surface area (Å²) in [7, 11) is 1.48. The first-order valence-corrected chi connectivity index (χ1v) is 5.24. The van der Waals surface area contributed by atoms with Crippen molar-refractivity contribution in [1.82, 2.24) is 4.90 Å². The van der Waals surface area contributed by atoms with Crippen LogP contribution >= 0.6 is 0 Å². The lowest BCUT2D eigenvalue weighted by Gasteiger charge is -2.23. The van der Waals surface area contributed by atoms with Crippen LogP contribution in [0.2, 0.25) is 0 Å². The summed E-state index contributed by atoms with van der Waals surface area (Å²) in [6.45, 7) is 0. The first kappa shape index (κ1) is 12.1. The fourth-order valence-electron chi connectivity index (χ4n) is 2.25. The van der Waals surface area contributed by atoms with Crippen molar-refractivity contribution >= 4 is 28.3 Å². The predicted octanol–water partition coefficient (Wildman–Crippen LogP) is 2.28. The van der Waals surface area contributed by atoms with Crippen LogP contribution in [0.4, 0.5) is 5.69 Å².